The second kappa shape index (κ2) is 6.44. The minimum Gasteiger partial charge on any atom is -0.0876 e. The molecule has 0 saturated heterocycles. The lowest BCUT2D eigenvalue weighted by molar-refractivity contribution is 0.634. The molecule has 0 nitrogen and oxygen atoms in total. The molecule has 0 atom stereocenters. The third-order valence-corrected chi connectivity index (χ3v) is 3.29. The van der Waals surface area contributed by atoms with Crippen LogP contribution in [0.25, 0.3) is 0 Å². The molecule has 0 N–H and O–H groups in total. The van der Waals surface area contributed by atoms with Crippen LogP contribution in [-0.4, -0.2) is 0 Å². The molecule has 0 aliphatic carbocycles. The quantitative estimate of drug-likeness (QED) is 0.669. The Bertz CT molecular complexity index is 326. The fourth-order valence-electron chi connectivity index (χ4n) is 2.04. The normalized spacial score (nSPS) is 11.4. The van der Waals surface area contributed by atoms with Gasteiger partial charge in [-0.1, -0.05) is 61.8 Å². The summed E-state index contributed by atoms with van der Waals surface area (Å²) in [5.74, 6) is 1.47. The molecule has 1 heteroatoms. The zero-order valence-corrected chi connectivity index (χ0v) is 12.5. The van der Waals surface area contributed by atoms with Crippen LogP contribution in [0.15, 0.2) is 18.2 Å². The van der Waals surface area contributed by atoms with Crippen LogP contribution in [0.4, 0.5) is 0 Å². The Morgan fingerprint density at radius 2 is 1.56 bits per heavy atom. The van der Waals surface area contributed by atoms with E-state index in [4.69, 9.17) is 0 Å². The number of halogens is 1. The molecule has 0 heterocycles. The summed E-state index contributed by atoms with van der Waals surface area (Å²) >= 11 is 3.57. The van der Waals surface area contributed by atoms with E-state index in [1.165, 1.54) is 29.5 Å². The Morgan fingerprint density at radius 3 is 2.06 bits per heavy atom. The Morgan fingerprint density at radius 1 is 0.938 bits per heavy atom. The minimum absolute atomic E-state index is 0.729. The van der Waals surface area contributed by atoms with Gasteiger partial charge in [0, 0.05) is 5.33 Å². The molecule has 0 fully saturated rings. The van der Waals surface area contributed by atoms with Crippen LogP contribution >= 0.6 is 15.9 Å². The lowest BCUT2D eigenvalue weighted by Crippen LogP contribution is -2.01. The number of alkyl halides is 1. The van der Waals surface area contributed by atoms with E-state index in [2.05, 4.69) is 61.8 Å². The Kier molecular flexibility index (Phi) is 5.54. The van der Waals surface area contributed by atoms with Crippen molar-refractivity contribution in [3.63, 3.8) is 0 Å². The first-order chi connectivity index (χ1) is 7.52. The summed E-state index contributed by atoms with van der Waals surface area (Å²) in [7, 11) is 0. The van der Waals surface area contributed by atoms with E-state index >= 15 is 0 Å². The molecular weight excluding hydrogens is 260 g/mol. The van der Waals surface area contributed by atoms with Crippen LogP contribution in [0, 0.1) is 11.8 Å². The lowest BCUT2D eigenvalue weighted by Gasteiger charge is -2.13. The van der Waals surface area contributed by atoms with Gasteiger partial charge in [-0.05, 0) is 41.4 Å². The van der Waals surface area contributed by atoms with Crippen molar-refractivity contribution in [1.29, 1.82) is 0 Å². The van der Waals surface area contributed by atoms with Crippen LogP contribution in [0.3, 0.4) is 0 Å². The van der Waals surface area contributed by atoms with Gasteiger partial charge in [0.15, 0.2) is 0 Å². The summed E-state index contributed by atoms with van der Waals surface area (Å²) in [4.78, 5) is 0. The maximum Gasteiger partial charge on any atom is 0.0285 e. The van der Waals surface area contributed by atoms with Gasteiger partial charge in [0.1, 0.15) is 0 Å². The van der Waals surface area contributed by atoms with Gasteiger partial charge in [-0.2, -0.15) is 0 Å². The van der Waals surface area contributed by atoms with Gasteiger partial charge >= 0.3 is 0 Å². The summed E-state index contributed by atoms with van der Waals surface area (Å²) in [6.45, 7) is 9.13. The SMILES string of the molecule is CC(C)Cc1ccc(CBr)c(CC(C)C)c1. The van der Waals surface area contributed by atoms with Crippen molar-refractivity contribution in [2.75, 3.05) is 0 Å². The zero-order valence-electron chi connectivity index (χ0n) is 10.9. The fourth-order valence-corrected chi connectivity index (χ4v) is 2.58. The molecule has 0 aliphatic rings. The molecule has 16 heavy (non-hydrogen) atoms. The van der Waals surface area contributed by atoms with E-state index in [1.54, 1.807) is 0 Å². The first-order valence-electron chi connectivity index (χ1n) is 6.19. The molecule has 0 bridgehead atoms. The highest BCUT2D eigenvalue weighted by molar-refractivity contribution is 9.08. The number of hydrogen-bond donors (Lipinski definition) is 0. The molecule has 0 unspecified atom stereocenters. The van der Waals surface area contributed by atoms with E-state index in [-0.39, 0.29) is 0 Å². The van der Waals surface area contributed by atoms with E-state index in [0.717, 1.165) is 17.2 Å². The van der Waals surface area contributed by atoms with Gasteiger partial charge in [0.2, 0.25) is 0 Å². The zero-order chi connectivity index (χ0) is 12.1. The number of benzene rings is 1. The van der Waals surface area contributed by atoms with Crippen LogP contribution in [0.1, 0.15) is 44.4 Å². The van der Waals surface area contributed by atoms with Crippen molar-refractivity contribution >= 4 is 15.9 Å². The van der Waals surface area contributed by atoms with Crippen LogP contribution < -0.4 is 0 Å². The Labute approximate surface area is 109 Å². The van der Waals surface area contributed by atoms with E-state index < -0.39 is 0 Å². The summed E-state index contributed by atoms with van der Waals surface area (Å²) in [5.41, 5.74) is 4.45. The standard InChI is InChI=1S/C15H23Br/c1-11(2)7-13-5-6-14(10-16)15(9-13)8-12(3)4/h5-6,9,11-12H,7-8,10H2,1-4H3. The van der Waals surface area contributed by atoms with Gasteiger partial charge in [-0.25, -0.2) is 0 Å². The largest absolute Gasteiger partial charge is 0.0876 e. The van der Waals surface area contributed by atoms with E-state index in [0.29, 0.717) is 0 Å². The second-order valence-corrected chi connectivity index (χ2v) is 5.99. The highest BCUT2D eigenvalue weighted by Crippen LogP contribution is 2.20. The maximum atomic E-state index is 3.57. The molecule has 1 aromatic rings. The Balaban J connectivity index is 2.91. The third-order valence-electron chi connectivity index (χ3n) is 2.69. The molecule has 0 spiro atoms. The molecule has 1 rings (SSSR count). The minimum atomic E-state index is 0.729. The van der Waals surface area contributed by atoms with Gasteiger partial charge in [0.05, 0.1) is 0 Å². The molecular formula is C15H23Br. The average Bonchev–Trinajstić information content (AvgIpc) is 2.16. The number of rotatable bonds is 5. The van der Waals surface area contributed by atoms with Gasteiger partial charge in [-0.3, -0.25) is 0 Å². The highest BCUT2D eigenvalue weighted by Gasteiger charge is 2.06. The molecule has 0 amide bonds. The summed E-state index contributed by atoms with van der Waals surface area (Å²) < 4.78 is 0. The van der Waals surface area contributed by atoms with E-state index in [9.17, 15) is 0 Å². The molecule has 0 aromatic heterocycles. The highest BCUT2D eigenvalue weighted by atomic mass is 79.9. The molecule has 0 radical (unpaired) electrons. The van der Waals surface area contributed by atoms with Crippen molar-refractivity contribution < 1.29 is 0 Å². The first-order valence-corrected chi connectivity index (χ1v) is 7.31. The molecule has 0 aliphatic heterocycles. The predicted octanol–water partition coefficient (Wildman–Crippen LogP) is 4.98. The van der Waals surface area contributed by atoms with Crippen LogP contribution in [0.2, 0.25) is 0 Å². The topological polar surface area (TPSA) is 0 Å². The smallest absolute Gasteiger partial charge is 0.0285 e. The van der Waals surface area contributed by atoms with Crippen molar-refractivity contribution in [2.24, 2.45) is 11.8 Å². The van der Waals surface area contributed by atoms with Crippen molar-refractivity contribution in [2.45, 2.75) is 45.9 Å². The van der Waals surface area contributed by atoms with Crippen molar-refractivity contribution in [3.05, 3.63) is 34.9 Å². The fraction of sp³-hybridized carbons (Fsp3) is 0.600. The second-order valence-electron chi connectivity index (χ2n) is 5.43. The Hall–Kier alpha value is -0.300. The summed E-state index contributed by atoms with van der Waals surface area (Å²) in [6.07, 6.45) is 2.38. The average molecular weight is 283 g/mol. The van der Waals surface area contributed by atoms with Gasteiger partial charge in [-0.15, -0.1) is 0 Å². The number of hydrogen-bond acceptors (Lipinski definition) is 0. The van der Waals surface area contributed by atoms with Crippen LogP contribution in [0.5, 0.6) is 0 Å². The molecule has 90 valence electrons. The molecule has 1 aromatic carbocycles. The summed E-state index contributed by atoms with van der Waals surface area (Å²) in [6, 6.07) is 6.96. The van der Waals surface area contributed by atoms with Gasteiger partial charge < -0.3 is 0 Å². The van der Waals surface area contributed by atoms with Crippen LogP contribution in [-0.2, 0) is 18.2 Å². The van der Waals surface area contributed by atoms with E-state index in [1.807, 2.05) is 0 Å². The van der Waals surface area contributed by atoms with Crippen molar-refractivity contribution in [3.8, 4) is 0 Å². The lowest BCUT2D eigenvalue weighted by atomic mass is 9.94. The molecule has 0 saturated carbocycles. The first kappa shape index (κ1) is 13.8. The summed E-state index contributed by atoms with van der Waals surface area (Å²) in [5, 5.41) is 0.969. The predicted molar refractivity (Wildman–Crippen MR) is 76.2 cm³/mol. The van der Waals surface area contributed by atoms with Crippen molar-refractivity contribution in [1.82, 2.24) is 0 Å². The maximum absolute atomic E-state index is 3.57. The third kappa shape index (κ3) is 4.29. The van der Waals surface area contributed by atoms with Gasteiger partial charge in [0.25, 0.3) is 0 Å². The monoisotopic (exact) mass is 282 g/mol.